The molecule has 0 saturated heterocycles. The molecule has 2 heterocycles. The summed E-state index contributed by atoms with van der Waals surface area (Å²) in [5.74, 6) is 0. The first kappa shape index (κ1) is 43.0. The van der Waals surface area contributed by atoms with E-state index in [1.165, 1.54) is 87.4 Å². The van der Waals surface area contributed by atoms with Crippen molar-refractivity contribution in [2.45, 2.75) is 19.3 Å². The van der Waals surface area contributed by atoms with Crippen LogP contribution in [0.5, 0.6) is 0 Å². The quantitative estimate of drug-likeness (QED) is 0.151. The largest absolute Gasteiger partial charge is 0.310 e. The minimum atomic E-state index is -0.313. The van der Waals surface area contributed by atoms with Crippen molar-refractivity contribution in [3.63, 3.8) is 0 Å². The Morgan fingerprint density at radius 1 is 0.267 bits per heavy atom. The second kappa shape index (κ2) is 16.7. The Morgan fingerprint density at radius 2 is 0.573 bits per heavy atom. The smallest absolute Gasteiger partial charge is 0.0542 e. The van der Waals surface area contributed by atoms with Gasteiger partial charge in [0.25, 0.3) is 0 Å². The molecule has 0 atom stereocenters. The Morgan fingerprint density at radius 3 is 0.933 bits per heavy atom. The van der Waals surface area contributed by atoms with E-state index in [1.54, 1.807) is 0 Å². The number of hydrogen-bond acceptors (Lipinski definition) is 2. The van der Waals surface area contributed by atoms with Crippen molar-refractivity contribution in [1.82, 2.24) is 9.13 Å². The van der Waals surface area contributed by atoms with Crippen LogP contribution in [0.2, 0.25) is 0 Å². The fourth-order valence-electron chi connectivity index (χ4n) is 12.7. The maximum Gasteiger partial charge on any atom is 0.0542 e. The molecular weight excluding hydrogens is 909 g/mol. The lowest BCUT2D eigenvalue weighted by Crippen LogP contribution is -2.18. The molecule has 14 aromatic rings. The van der Waals surface area contributed by atoms with Crippen LogP contribution < -0.4 is 9.80 Å². The van der Waals surface area contributed by atoms with E-state index in [0.717, 1.165) is 45.5 Å². The first-order valence-corrected chi connectivity index (χ1v) is 26.0. The highest BCUT2D eigenvalue weighted by Gasteiger charge is 2.37. The number of rotatable bonds is 8. The number of para-hydroxylation sites is 6. The van der Waals surface area contributed by atoms with Gasteiger partial charge in [0, 0.05) is 71.3 Å². The summed E-state index contributed by atoms with van der Waals surface area (Å²) in [6.07, 6.45) is 0. The van der Waals surface area contributed by atoms with E-state index in [9.17, 15) is 0 Å². The number of nitrogens with zero attached hydrogens (tertiary/aromatic N) is 4. The van der Waals surface area contributed by atoms with Crippen LogP contribution in [0.15, 0.2) is 267 Å². The number of aromatic nitrogens is 2. The highest BCUT2D eigenvalue weighted by atomic mass is 15.2. The third-order valence-electron chi connectivity index (χ3n) is 16.1. The molecule has 0 bridgehead atoms. The molecule has 75 heavy (non-hydrogen) atoms. The Labute approximate surface area is 435 Å². The molecule has 354 valence electrons. The number of anilines is 6. The summed E-state index contributed by atoms with van der Waals surface area (Å²) in [6, 6.07) is 98.2. The van der Waals surface area contributed by atoms with Crippen LogP contribution in [0.25, 0.3) is 87.7 Å². The van der Waals surface area contributed by atoms with Crippen molar-refractivity contribution in [3.05, 3.63) is 278 Å². The maximum absolute atomic E-state index is 2.45. The van der Waals surface area contributed by atoms with E-state index >= 15 is 0 Å². The highest BCUT2D eigenvalue weighted by molar-refractivity contribution is 6.13. The molecule has 0 unspecified atom stereocenters. The second-order valence-electron chi connectivity index (χ2n) is 20.5. The predicted molar refractivity (Wildman–Crippen MR) is 317 cm³/mol. The van der Waals surface area contributed by atoms with Gasteiger partial charge in [-0.2, -0.15) is 0 Å². The van der Waals surface area contributed by atoms with Crippen LogP contribution in [0.4, 0.5) is 34.1 Å². The van der Waals surface area contributed by atoms with Crippen molar-refractivity contribution >= 4 is 99.3 Å². The molecular formula is C71H50N4. The van der Waals surface area contributed by atoms with Gasteiger partial charge in [-0.1, -0.05) is 184 Å². The normalized spacial score (nSPS) is 12.8. The van der Waals surface area contributed by atoms with Crippen LogP contribution >= 0.6 is 0 Å². The van der Waals surface area contributed by atoms with Gasteiger partial charge in [-0.05, 0) is 119 Å². The van der Waals surface area contributed by atoms with Gasteiger partial charge < -0.3 is 18.9 Å². The van der Waals surface area contributed by atoms with Crippen LogP contribution in [0, 0.1) is 0 Å². The van der Waals surface area contributed by atoms with Crippen LogP contribution in [-0.2, 0) is 5.41 Å². The van der Waals surface area contributed by atoms with Crippen molar-refractivity contribution in [2.75, 3.05) is 9.80 Å². The molecule has 0 radical (unpaired) electrons. The molecule has 15 rings (SSSR count). The summed E-state index contributed by atoms with van der Waals surface area (Å²) in [6.45, 7) is 4.80. The average molecular weight is 959 g/mol. The minimum Gasteiger partial charge on any atom is -0.310 e. The molecule has 0 saturated carbocycles. The Balaban J connectivity index is 0.861. The third-order valence-corrected chi connectivity index (χ3v) is 16.1. The lowest BCUT2D eigenvalue weighted by molar-refractivity contribution is 0.660. The summed E-state index contributed by atoms with van der Waals surface area (Å²) in [7, 11) is 0. The Hall–Kier alpha value is -9.64. The summed E-state index contributed by atoms with van der Waals surface area (Å²) < 4.78 is 4.88. The second-order valence-corrected chi connectivity index (χ2v) is 20.5. The van der Waals surface area contributed by atoms with Gasteiger partial charge in [0.15, 0.2) is 0 Å². The topological polar surface area (TPSA) is 16.3 Å². The average Bonchev–Trinajstić information content (AvgIpc) is 4.06. The molecule has 0 spiro atoms. The fourth-order valence-corrected chi connectivity index (χ4v) is 12.7. The van der Waals surface area contributed by atoms with E-state index in [4.69, 9.17) is 0 Å². The van der Waals surface area contributed by atoms with Gasteiger partial charge in [0.1, 0.15) is 0 Å². The fraction of sp³-hybridized carbons (Fsp3) is 0.0423. The molecule has 0 aliphatic heterocycles. The molecule has 0 amide bonds. The van der Waals surface area contributed by atoms with Crippen LogP contribution in [0.3, 0.4) is 0 Å². The summed E-state index contributed by atoms with van der Waals surface area (Å²) >= 11 is 0. The van der Waals surface area contributed by atoms with Crippen molar-refractivity contribution in [2.24, 2.45) is 0 Å². The monoisotopic (exact) mass is 958 g/mol. The van der Waals surface area contributed by atoms with Gasteiger partial charge in [-0.3, -0.25) is 0 Å². The molecule has 2 aromatic heterocycles. The third kappa shape index (κ3) is 6.49. The van der Waals surface area contributed by atoms with Crippen LogP contribution in [0.1, 0.15) is 25.0 Å². The van der Waals surface area contributed by atoms with Gasteiger partial charge in [0.05, 0.1) is 44.8 Å². The zero-order valence-corrected chi connectivity index (χ0v) is 41.7. The first-order chi connectivity index (χ1) is 37.0. The maximum atomic E-state index is 2.45. The standard InChI is InChI=1S/C71H50N4/c1-71(2)61-45-49(72(47-21-5-3-6-22-47)67-41-43-69(59-27-11-9-25-57(59)67)74-63-33-17-13-29-53(63)54-30-14-18-34-64(54)74)37-39-51(61)52-40-38-50(46-62(52)71)73(48-23-7-4-8-24-48)68-42-44-70(60-28-12-10-26-58(60)68)75-65-35-19-15-31-55(65)56-32-16-20-36-66(56)75/h3-46H,1-2H3. The van der Waals surface area contributed by atoms with Crippen molar-refractivity contribution in [1.29, 1.82) is 0 Å². The number of fused-ring (bicyclic) bond motifs is 11. The number of benzene rings is 12. The zero-order valence-electron chi connectivity index (χ0n) is 41.7. The van der Waals surface area contributed by atoms with Gasteiger partial charge in [-0.25, -0.2) is 0 Å². The molecule has 1 aliphatic rings. The van der Waals surface area contributed by atoms with Crippen molar-refractivity contribution < 1.29 is 0 Å². The molecule has 12 aromatic carbocycles. The highest BCUT2D eigenvalue weighted by Crippen LogP contribution is 2.54. The van der Waals surface area contributed by atoms with Gasteiger partial charge in [0.2, 0.25) is 0 Å². The summed E-state index contributed by atoms with van der Waals surface area (Å²) in [4.78, 5) is 4.90. The Bertz CT molecular complexity index is 4180. The van der Waals surface area contributed by atoms with E-state index in [2.05, 4.69) is 300 Å². The van der Waals surface area contributed by atoms with Gasteiger partial charge >= 0.3 is 0 Å². The molecule has 0 fully saturated rings. The molecule has 1 aliphatic carbocycles. The SMILES string of the molecule is CC1(C)c2cc(N(c3ccccc3)c3ccc(-n4c5ccccc5c5ccccc54)c4ccccc34)ccc2-c2ccc(N(c3ccccc3)c3ccc(-n4c5ccccc5c5ccccc54)c4ccccc34)cc21. The summed E-state index contributed by atoms with van der Waals surface area (Å²) in [5, 5.41) is 9.79. The minimum absolute atomic E-state index is 0.313. The molecule has 4 nitrogen and oxygen atoms in total. The van der Waals surface area contributed by atoms with Crippen LogP contribution in [-0.4, -0.2) is 9.13 Å². The first-order valence-electron chi connectivity index (χ1n) is 26.0. The van der Waals surface area contributed by atoms with E-state index in [1.807, 2.05) is 0 Å². The van der Waals surface area contributed by atoms with Gasteiger partial charge in [-0.15, -0.1) is 0 Å². The summed E-state index contributed by atoms with van der Waals surface area (Å²) in [5.41, 5.74) is 18.7. The van der Waals surface area contributed by atoms with E-state index in [0.29, 0.717) is 0 Å². The van der Waals surface area contributed by atoms with Crippen molar-refractivity contribution in [3.8, 4) is 22.5 Å². The Kier molecular flexibility index (Phi) is 9.58. The number of hydrogen-bond donors (Lipinski definition) is 0. The molecule has 4 heteroatoms. The molecule has 0 N–H and O–H groups in total. The van der Waals surface area contributed by atoms with E-state index < -0.39 is 0 Å². The zero-order chi connectivity index (χ0) is 49.8. The van der Waals surface area contributed by atoms with E-state index in [-0.39, 0.29) is 5.41 Å². The lowest BCUT2D eigenvalue weighted by atomic mass is 9.82. The predicted octanol–water partition coefficient (Wildman–Crippen LogP) is 19.4. The lowest BCUT2D eigenvalue weighted by Gasteiger charge is -2.30.